The highest BCUT2D eigenvalue weighted by Crippen LogP contribution is 2.34. The van der Waals surface area contributed by atoms with Crippen molar-refractivity contribution in [2.75, 3.05) is 18.4 Å². The predicted octanol–water partition coefficient (Wildman–Crippen LogP) is 4.43. The van der Waals surface area contributed by atoms with Crippen LogP contribution in [0, 0.1) is 11.8 Å². The maximum atomic E-state index is 13.2. The number of carbonyl (C=O) groups excluding carboxylic acids is 2. The third-order valence-corrected chi connectivity index (χ3v) is 10.6. The van der Waals surface area contributed by atoms with Gasteiger partial charge in [0.05, 0.1) is 27.6 Å². The van der Waals surface area contributed by atoms with Crippen molar-refractivity contribution in [2.45, 2.75) is 41.6 Å². The first kappa shape index (κ1) is 30.2. The van der Waals surface area contributed by atoms with Crippen LogP contribution in [0.15, 0.2) is 82.7 Å². The minimum absolute atomic E-state index is 0.0495. The minimum atomic E-state index is -3.96. The van der Waals surface area contributed by atoms with Crippen LogP contribution in [-0.2, 0) is 21.2 Å². The van der Waals surface area contributed by atoms with Crippen LogP contribution in [0.2, 0.25) is 0 Å². The van der Waals surface area contributed by atoms with Crippen molar-refractivity contribution in [1.29, 1.82) is 0 Å². The largest absolute Gasteiger partial charge is 0.480 e. The number of fused-ring (bicyclic) bond motifs is 2. The van der Waals surface area contributed by atoms with Crippen molar-refractivity contribution in [3.8, 4) is 22.4 Å². The van der Waals surface area contributed by atoms with Gasteiger partial charge < -0.3 is 15.7 Å². The van der Waals surface area contributed by atoms with Crippen LogP contribution in [0.5, 0.6) is 0 Å². The molecule has 10 nitrogen and oxygen atoms in total. The number of likely N-dealkylation sites (tertiary alicyclic amines) is 1. The van der Waals surface area contributed by atoms with Gasteiger partial charge in [-0.05, 0) is 61.9 Å². The Labute approximate surface area is 264 Å². The summed E-state index contributed by atoms with van der Waals surface area (Å²) in [4.78, 5) is 44.1. The van der Waals surface area contributed by atoms with E-state index < -0.39 is 33.7 Å². The number of aromatic nitrogens is 1. The Morgan fingerprint density at radius 2 is 1.89 bits per heavy atom. The molecule has 0 saturated carbocycles. The number of anilines is 1. The number of aliphatic carboxylic acids is 1. The van der Waals surface area contributed by atoms with E-state index in [1.165, 1.54) is 41.7 Å². The van der Waals surface area contributed by atoms with Crippen LogP contribution >= 0.6 is 11.3 Å². The van der Waals surface area contributed by atoms with Crippen LogP contribution in [0.1, 0.15) is 50.4 Å². The third kappa shape index (κ3) is 6.37. The van der Waals surface area contributed by atoms with Gasteiger partial charge in [0.1, 0.15) is 11.0 Å². The second-order valence-electron chi connectivity index (χ2n) is 10.6. The number of hydrogen-bond acceptors (Lipinski definition) is 8. The van der Waals surface area contributed by atoms with E-state index in [4.69, 9.17) is 0 Å². The molecule has 3 heterocycles. The maximum absolute atomic E-state index is 13.2. The lowest BCUT2D eigenvalue weighted by Crippen LogP contribution is -2.36. The Bertz CT molecular complexity index is 1980. The molecule has 0 bridgehead atoms. The molecule has 0 radical (unpaired) electrons. The van der Waals surface area contributed by atoms with Crippen molar-refractivity contribution in [1.82, 2.24) is 15.2 Å². The van der Waals surface area contributed by atoms with Crippen molar-refractivity contribution in [3.05, 3.63) is 94.5 Å². The molecule has 3 aromatic carbocycles. The molecule has 3 N–H and O–H groups in total. The normalized spacial score (nSPS) is 16.8. The first-order chi connectivity index (χ1) is 21.7. The quantitative estimate of drug-likeness (QED) is 0.252. The van der Waals surface area contributed by atoms with Gasteiger partial charge >= 0.3 is 5.97 Å². The number of amides is 2. The van der Waals surface area contributed by atoms with Gasteiger partial charge in [0, 0.05) is 40.7 Å². The lowest BCUT2D eigenvalue weighted by Gasteiger charge is -2.19. The van der Waals surface area contributed by atoms with Gasteiger partial charge in [0.15, 0.2) is 0 Å². The van der Waals surface area contributed by atoms with E-state index in [-0.39, 0.29) is 33.2 Å². The van der Waals surface area contributed by atoms with Crippen molar-refractivity contribution < 1.29 is 27.9 Å². The lowest BCUT2D eigenvalue weighted by atomic mass is 10.1. The van der Waals surface area contributed by atoms with Crippen LogP contribution in [0.25, 0.3) is 10.6 Å². The monoisotopic (exact) mass is 640 g/mol. The van der Waals surface area contributed by atoms with Crippen molar-refractivity contribution in [3.63, 3.8) is 0 Å². The maximum Gasteiger partial charge on any atom is 0.320 e. The lowest BCUT2D eigenvalue weighted by molar-refractivity contribution is -0.142. The van der Waals surface area contributed by atoms with E-state index in [2.05, 4.69) is 27.5 Å². The number of nitrogens with one attached hydrogen (secondary N) is 2. The zero-order valence-electron chi connectivity index (χ0n) is 23.9. The second-order valence-corrected chi connectivity index (χ2v) is 13.6. The Morgan fingerprint density at radius 3 is 2.69 bits per heavy atom. The first-order valence-electron chi connectivity index (χ1n) is 14.3. The second kappa shape index (κ2) is 12.6. The molecule has 45 heavy (non-hydrogen) atoms. The number of nitrogens with zero attached hydrogens (tertiary/aromatic N) is 2. The Kier molecular flexibility index (Phi) is 8.49. The van der Waals surface area contributed by atoms with Crippen LogP contribution in [0.3, 0.4) is 0 Å². The standard InChI is InChI=1S/C33H28N4O6S2/c38-30(23-14-15-29-26(18-23)36-31(39)25-7-1-2-9-28(25)45(29,42)43)34-19-24-20-35-32(44-24)22-12-10-21(11-13-22)6-3-4-16-37-17-5-8-27(37)33(40)41/h1-2,7,9-15,18,20,27H,4-5,8,16-17,19H2,(H,34,38)(H,36,39)(H,40,41)/t27-/m0/s1. The molecule has 1 saturated heterocycles. The molecule has 2 aliphatic heterocycles. The molecule has 1 fully saturated rings. The number of sulfone groups is 1. The number of thiazole rings is 1. The molecule has 1 atom stereocenters. The fourth-order valence-corrected chi connectivity index (χ4v) is 7.87. The van der Waals surface area contributed by atoms with Crippen molar-refractivity contribution in [2.24, 2.45) is 0 Å². The third-order valence-electron chi connectivity index (χ3n) is 7.71. The number of carboxylic acids is 1. The molecule has 0 spiro atoms. The van der Waals surface area contributed by atoms with E-state index in [0.717, 1.165) is 34.0 Å². The smallest absolute Gasteiger partial charge is 0.320 e. The predicted molar refractivity (Wildman–Crippen MR) is 169 cm³/mol. The van der Waals surface area contributed by atoms with E-state index in [9.17, 15) is 27.9 Å². The molecule has 0 aliphatic carbocycles. The summed E-state index contributed by atoms with van der Waals surface area (Å²) in [6.45, 7) is 1.65. The Balaban J connectivity index is 1.06. The summed E-state index contributed by atoms with van der Waals surface area (Å²) >= 11 is 1.43. The average molecular weight is 641 g/mol. The van der Waals surface area contributed by atoms with Gasteiger partial charge in [-0.1, -0.05) is 36.1 Å². The molecular formula is C33H28N4O6S2. The van der Waals surface area contributed by atoms with E-state index in [1.807, 2.05) is 29.2 Å². The minimum Gasteiger partial charge on any atom is -0.480 e. The van der Waals surface area contributed by atoms with Gasteiger partial charge in [-0.15, -0.1) is 11.3 Å². The molecule has 0 unspecified atom stereocenters. The zero-order valence-corrected chi connectivity index (χ0v) is 25.6. The summed E-state index contributed by atoms with van der Waals surface area (Å²) in [7, 11) is -3.96. The number of rotatable bonds is 7. The number of hydrogen-bond donors (Lipinski definition) is 3. The highest BCUT2D eigenvalue weighted by Gasteiger charge is 2.32. The summed E-state index contributed by atoms with van der Waals surface area (Å²) in [6, 6.07) is 17.4. The van der Waals surface area contributed by atoms with Crippen molar-refractivity contribution >= 4 is 44.6 Å². The number of carbonyl (C=O) groups is 3. The molecule has 6 rings (SSSR count). The van der Waals surface area contributed by atoms with E-state index in [0.29, 0.717) is 19.4 Å². The molecule has 12 heteroatoms. The Morgan fingerprint density at radius 1 is 1.09 bits per heavy atom. The fraction of sp³-hybridized carbons (Fsp3) is 0.212. The molecule has 4 aromatic rings. The van der Waals surface area contributed by atoms with Gasteiger partial charge in [-0.2, -0.15) is 0 Å². The number of carboxylic acid groups (broad SMARTS) is 1. The molecule has 2 amide bonds. The Hall–Kier alpha value is -4.83. The molecular weight excluding hydrogens is 613 g/mol. The summed E-state index contributed by atoms with van der Waals surface area (Å²) in [5, 5.41) is 15.5. The summed E-state index contributed by atoms with van der Waals surface area (Å²) in [5.74, 6) is 4.52. The number of benzene rings is 3. The van der Waals surface area contributed by atoms with Gasteiger partial charge in [0.25, 0.3) is 11.8 Å². The topological polar surface area (TPSA) is 146 Å². The molecule has 1 aromatic heterocycles. The zero-order chi connectivity index (χ0) is 31.6. The highest BCUT2D eigenvalue weighted by molar-refractivity contribution is 7.91. The first-order valence-corrected chi connectivity index (χ1v) is 16.6. The van der Waals surface area contributed by atoms with Gasteiger partial charge in [-0.25, -0.2) is 13.4 Å². The van der Waals surface area contributed by atoms with Gasteiger partial charge in [-0.3, -0.25) is 19.3 Å². The van der Waals surface area contributed by atoms with E-state index in [1.54, 1.807) is 18.3 Å². The van der Waals surface area contributed by atoms with Crippen LogP contribution in [0.4, 0.5) is 5.69 Å². The van der Waals surface area contributed by atoms with Gasteiger partial charge in [0.2, 0.25) is 9.84 Å². The van der Waals surface area contributed by atoms with Crippen LogP contribution < -0.4 is 10.6 Å². The highest BCUT2D eigenvalue weighted by atomic mass is 32.2. The SMILES string of the molecule is O=C(NCc1cnc(-c2ccc(C#CCCN3CCC[C@H]3C(=O)O)cc2)s1)c1ccc2c(c1)NC(=O)c1ccccc1S2(=O)=O. The molecule has 2 aliphatic rings. The summed E-state index contributed by atoms with van der Waals surface area (Å²) < 4.78 is 26.4. The van der Waals surface area contributed by atoms with Crippen LogP contribution in [-0.4, -0.2) is 60.3 Å². The summed E-state index contributed by atoms with van der Waals surface area (Å²) in [5.41, 5.74) is 2.07. The summed E-state index contributed by atoms with van der Waals surface area (Å²) in [6.07, 6.45) is 3.88. The van der Waals surface area contributed by atoms with E-state index >= 15 is 0 Å². The molecule has 228 valence electrons. The fourth-order valence-electron chi connectivity index (χ4n) is 5.43. The average Bonchev–Trinajstić information content (AvgIpc) is 3.71.